The monoisotopic (exact) mass is 261 g/mol. The number of ether oxygens (including phenoxy) is 1. The molecule has 1 saturated heterocycles. The molecule has 0 bridgehead atoms. The van der Waals surface area contributed by atoms with Gasteiger partial charge in [0, 0.05) is 17.8 Å². The number of hydrogen-bond donors (Lipinski definition) is 0. The second-order valence-corrected chi connectivity index (χ2v) is 4.67. The van der Waals surface area contributed by atoms with Crippen molar-refractivity contribution in [3.63, 3.8) is 0 Å². The van der Waals surface area contributed by atoms with E-state index < -0.39 is 0 Å². The molecule has 1 heterocycles. The van der Waals surface area contributed by atoms with Gasteiger partial charge in [-0.2, -0.15) is 0 Å². The van der Waals surface area contributed by atoms with Gasteiger partial charge in [0.2, 0.25) is 0 Å². The van der Waals surface area contributed by atoms with Crippen molar-refractivity contribution in [2.45, 2.75) is 32.2 Å². The first-order chi connectivity index (χ1) is 9.26. The molecule has 0 aliphatic carbocycles. The summed E-state index contributed by atoms with van der Waals surface area (Å²) < 4.78 is 5.14. The highest BCUT2D eigenvalue weighted by Gasteiger charge is 2.29. The standard InChI is InChI=1S/C15H19NO3/c1-2-19-15(18)14-5-3-4-10-16(14)13-8-6-12(11-17)7-9-13/h6-9,11,14H,2-5,10H2,1H3/t14-/m0/s1. The highest BCUT2D eigenvalue weighted by molar-refractivity contribution is 5.81. The maximum Gasteiger partial charge on any atom is 0.328 e. The van der Waals surface area contributed by atoms with Crippen LogP contribution < -0.4 is 4.90 Å². The van der Waals surface area contributed by atoms with Crippen molar-refractivity contribution in [2.24, 2.45) is 0 Å². The second kappa shape index (κ2) is 6.36. The average Bonchev–Trinajstić information content (AvgIpc) is 2.47. The summed E-state index contributed by atoms with van der Waals surface area (Å²) in [6, 6.07) is 7.14. The molecule has 2 rings (SSSR count). The molecule has 4 heteroatoms. The molecule has 0 radical (unpaired) electrons. The second-order valence-electron chi connectivity index (χ2n) is 4.67. The van der Waals surface area contributed by atoms with Gasteiger partial charge in [0.1, 0.15) is 12.3 Å². The molecule has 0 N–H and O–H groups in total. The quantitative estimate of drug-likeness (QED) is 0.617. The van der Waals surface area contributed by atoms with Gasteiger partial charge in [0.25, 0.3) is 0 Å². The first-order valence-corrected chi connectivity index (χ1v) is 6.74. The predicted molar refractivity (Wildman–Crippen MR) is 73.4 cm³/mol. The first-order valence-electron chi connectivity index (χ1n) is 6.74. The topological polar surface area (TPSA) is 46.6 Å². The minimum atomic E-state index is -0.198. The number of aldehydes is 1. The van der Waals surface area contributed by atoms with Crippen molar-refractivity contribution in [1.29, 1.82) is 0 Å². The van der Waals surface area contributed by atoms with Gasteiger partial charge >= 0.3 is 5.97 Å². The normalized spacial score (nSPS) is 19.0. The minimum absolute atomic E-state index is 0.151. The summed E-state index contributed by atoms with van der Waals surface area (Å²) in [5, 5.41) is 0. The molecule has 1 aliphatic rings. The molecule has 4 nitrogen and oxygen atoms in total. The fraction of sp³-hybridized carbons (Fsp3) is 0.467. The molecule has 0 spiro atoms. The van der Waals surface area contributed by atoms with Crippen LogP contribution in [0.15, 0.2) is 24.3 Å². The Labute approximate surface area is 113 Å². The molecular weight excluding hydrogens is 242 g/mol. The average molecular weight is 261 g/mol. The van der Waals surface area contributed by atoms with Crippen LogP contribution in [0.5, 0.6) is 0 Å². The number of esters is 1. The lowest BCUT2D eigenvalue weighted by molar-refractivity contribution is -0.145. The Bertz CT molecular complexity index is 441. The van der Waals surface area contributed by atoms with Crippen LogP contribution in [-0.4, -0.2) is 31.4 Å². The van der Waals surface area contributed by atoms with Gasteiger partial charge in [-0.05, 0) is 50.5 Å². The van der Waals surface area contributed by atoms with E-state index in [1.54, 1.807) is 12.1 Å². The van der Waals surface area contributed by atoms with E-state index in [0.29, 0.717) is 12.2 Å². The molecule has 1 aromatic carbocycles. The Morgan fingerprint density at radius 2 is 2.11 bits per heavy atom. The Morgan fingerprint density at radius 3 is 2.74 bits per heavy atom. The fourth-order valence-corrected chi connectivity index (χ4v) is 2.47. The van der Waals surface area contributed by atoms with Gasteiger partial charge in [-0.1, -0.05) is 0 Å². The summed E-state index contributed by atoms with van der Waals surface area (Å²) in [4.78, 5) is 24.7. The van der Waals surface area contributed by atoms with Gasteiger partial charge in [0.05, 0.1) is 6.61 Å². The summed E-state index contributed by atoms with van der Waals surface area (Å²) in [7, 11) is 0. The minimum Gasteiger partial charge on any atom is -0.464 e. The highest BCUT2D eigenvalue weighted by Crippen LogP contribution is 2.25. The van der Waals surface area contributed by atoms with Crippen molar-refractivity contribution < 1.29 is 14.3 Å². The Morgan fingerprint density at radius 1 is 1.37 bits per heavy atom. The van der Waals surface area contributed by atoms with Gasteiger partial charge in [-0.3, -0.25) is 4.79 Å². The van der Waals surface area contributed by atoms with Crippen molar-refractivity contribution in [1.82, 2.24) is 0 Å². The first kappa shape index (κ1) is 13.6. The molecule has 1 atom stereocenters. The zero-order valence-corrected chi connectivity index (χ0v) is 11.2. The Hall–Kier alpha value is -1.84. The van der Waals surface area contributed by atoms with Crippen molar-refractivity contribution in [3.05, 3.63) is 29.8 Å². The fourth-order valence-electron chi connectivity index (χ4n) is 2.47. The summed E-state index contributed by atoms with van der Waals surface area (Å²) in [5.41, 5.74) is 1.62. The summed E-state index contributed by atoms with van der Waals surface area (Å²) >= 11 is 0. The number of hydrogen-bond acceptors (Lipinski definition) is 4. The SMILES string of the molecule is CCOC(=O)[C@@H]1CCCCN1c1ccc(C=O)cc1. The molecule has 0 amide bonds. The van der Waals surface area contributed by atoms with E-state index in [2.05, 4.69) is 4.90 Å². The summed E-state index contributed by atoms with van der Waals surface area (Å²) in [6.07, 6.45) is 3.77. The van der Waals surface area contributed by atoms with Crippen LogP contribution in [0.3, 0.4) is 0 Å². The zero-order valence-electron chi connectivity index (χ0n) is 11.2. The summed E-state index contributed by atoms with van der Waals surface area (Å²) in [5.74, 6) is -0.151. The third-order valence-electron chi connectivity index (χ3n) is 3.42. The zero-order chi connectivity index (χ0) is 13.7. The van der Waals surface area contributed by atoms with Crippen LogP contribution in [0.4, 0.5) is 5.69 Å². The number of carbonyl (C=O) groups is 2. The summed E-state index contributed by atoms with van der Waals surface area (Å²) in [6.45, 7) is 3.08. The molecule has 0 saturated carbocycles. The van der Waals surface area contributed by atoms with Gasteiger partial charge in [-0.15, -0.1) is 0 Å². The Balaban J connectivity index is 2.18. The lowest BCUT2D eigenvalue weighted by Gasteiger charge is -2.35. The lowest BCUT2D eigenvalue weighted by Crippen LogP contribution is -2.45. The van der Waals surface area contributed by atoms with Crippen molar-refractivity contribution in [3.8, 4) is 0 Å². The van der Waals surface area contributed by atoms with Crippen molar-refractivity contribution in [2.75, 3.05) is 18.1 Å². The van der Waals surface area contributed by atoms with Gasteiger partial charge < -0.3 is 9.64 Å². The number of piperidine rings is 1. The van der Waals surface area contributed by atoms with Crippen LogP contribution in [0.1, 0.15) is 36.5 Å². The number of anilines is 1. The third-order valence-corrected chi connectivity index (χ3v) is 3.42. The molecule has 0 aromatic heterocycles. The number of nitrogens with zero attached hydrogens (tertiary/aromatic N) is 1. The van der Waals surface area contributed by atoms with Crippen LogP contribution in [0.25, 0.3) is 0 Å². The third kappa shape index (κ3) is 3.13. The van der Waals surface area contributed by atoms with Crippen LogP contribution in [0.2, 0.25) is 0 Å². The Kier molecular flexibility index (Phi) is 4.55. The molecular formula is C15H19NO3. The molecule has 1 aromatic rings. The molecule has 1 fully saturated rings. The van der Waals surface area contributed by atoms with Gasteiger partial charge in [-0.25, -0.2) is 4.79 Å². The van der Waals surface area contributed by atoms with E-state index >= 15 is 0 Å². The molecule has 102 valence electrons. The molecule has 19 heavy (non-hydrogen) atoms. The van der Waals surface area contributed by atoms with E-state index in [1.807, 2.05) is 19.1 Å². The van der Waals surface area contributed by atoms with E-state index in [1.165, 1.54) is 0 Å². The van der Waals surface area contributed by atoms with Crippen LogP contribution in [-0.2, 0) is 9.53 Å². The van der Waals surface area contributed by atoms with Gasteiger partial charge in [0.15, 0.2) is 0 Å². The number of carbonyl (C=O) groups excluding carboxylic acids is 2. The highest BCUT2D eigenvalue weighted by atomic mass is 16.5. The number of rotatable bonds is 4. The van der Waals surface area contributed by atoms with E-state index in [9.17, 15) is 9.59 Å². The van der Waals surface area contributed by atoms with Crippen LogP contribution >= 0.6 is 0 Å². The maximum absolute atomic E-state index is 12.0. The maximum atomic E-state index is 12.0. The van der Waals surface area contributed by atoms with E-state index in [0.717, 1.165) is 37.8 Å². The predicted octanol–water partition coefficient (Wildman–Crippen LogP) is 2.42. The largest absolute Gasteiger partial charge is 0.464 e. The molecule has 0 unspecified atom stereocenters. The smallest absolute Gasteiger partial charge is 0.328 e. The van der Waals surface area contributed by atoms with E-state index in [4.69, 9.17) is 4.74 Å². The lowest BCUT2D eigenvalue weighted by atomic mass is 10.0. The van der Waals surface area contributed by atoms with Crippen molar-refractivity contribution >= 4 is 17.9 Å². The number of benzene rings is 1. The van der Waals surface area contributed by atoms with E-state index in [-0.39, 0.29) is 12.0 Å². The van der Waals surface area contributed by atoms with Crippen LogP contribution in [0, 0.1) is 0 Å². The molecule has 1 aliphatic heterocycles.